The van der Waals surface area contributed by atoms with E-state index in [9.17, 15) is 9.18 Å². The first kappa shape index (κ1) is 17.0. The zero-order valence-corrected chi connectivity index (χ0v) is 12.7. The molecule has 5 heteroatoms. The Balaban J connectivity index is 2.08. The molecule has 0 aliphatic heterocycles. The number of hydrogen-bond acceptors (Lipinski definition) is 4. The van der Waals surface area contributed by atoms with Crippen molar-refractivity contribution in [3.63, 3.8) is 0 Å². The van der Waals surface area contributed by atoms with Gasteiger partial charge in [-0.15, -0.1) is 11.8 Å². The van der Waals surface area contributed by atoms with Gasteiger partial charge >= 0.3 is 5.97 Å². The minimum Gasteiger partial charge on any atom is -0.463 e. The molecular weight excluding hydrogens is 279 g/mol. The summed E-state index contributed by atoms with van der Waals surface area (Å²) in [6, 6.07) is 6.37. The average molecular weight is 300 g/mol. The quantitative estimate of drug-likeness (QED) is 0.397. The molecule has 1 rings (SSSR count). The van der Waals surface area contributed by atoms with Crippen LogP contribution in [0.5, 0.6) is 0 Å². The van der Waals surface area contributed by atoms with Crippen LogP contribution in [0, 0.1) is 11.7 Å². The highest BCUT2D eigenvalue weighted by Crippen LogP contribution is 2.20. The van der Waals surface area contributed by atoms with E-state index in [1.807, 2.05) is 0 Å². The Morgan fingerprint density at radius 1 is 1.25 bits per heavy atom. The highest BCUT2D eigenvalue weighted by atomic mass is 32.2. The number of halogens is 1. The van der Waals surface area contributed by atoms with Crippen LogP contribution < -0.4 is 0 Å². The fourth-order valence-electron chi connectivity index (χ4n) is 1.38. The minimum atomic E-state index is -0.356. The van der Waals surface area contributed by atoms with Crippen molar-refractivity contribution in [1.29, 1.82) is 0 Å². The number of ether oxygens (including phenoxy) is 2. The fraction of sp³-hybridized carbons (Fsp3) is 0.533. The summed E-state index contributed by atoms with van der Waals surface area (Å²) in [5.74, 6) is 0.0372. The lowest BCUT2D eigenvalue weighted by atomic mass is 10.1. The van der Waals surface area contributed by atoms with Gasteiger partial charge in [-0.05, 0) is 24.5 Å². The normalized spacial score (nSPS) is 10.8. The molecule has 0 spiro atoms. The Morgan fingerprint density at radius 2 is 2.00 bits per heavy atom. The van der Waals surface area contributed by atoms with E-state index >= 15 is 0 Å². The summed E-state index contributed by atoms with van der Waals surface area (Å²) in [5.41, 5.74) is 0. The van der Waals surface area contributed by atoms with E-state index in [1.54, 1.807) is 18.2 Å². The van der Waals surface area contributed by atoms with Crippen molar-refractivity contribution in [2.24, 2.45) is 5.92 Å². The van der Waals surface area contributed by atoms with Gasteiger partial charge < -0.3 is 9.47 Å². The molecule has 0 aromatic heterocycles. The molecule has 0 saturated carbocycles. The van der Waals surface area contributed by atoms with Crippen LogP contribution in [0.25, 0.3) is 0 Å². The van der Waals surface area contributed by atoms with Gasteiger partial charge in [-0.1, -0.05) is 26.0 Å². The lowest BCUT2D eigenvalue weighted by Gasteiger charge is -2.07. The molecule has 0 N–H and O–H groups in total. The van der Waals surface area contributed by atoms with Gasteiger partial charge in [-0.2, -0.15) is 0 Å². The van der Waals surface area contributed by atoms with Gasteiger partial charge in [0.15, 0.2) is 0 Å². The van der Waals surface area contributed by atoms with Crippen molar-refractivity contribution < 1.29 is 18.7 Å². The Hall–Kier alpha value is -1.07. The molecule has 0 saturated heterocycles. The summed E-state index contributed by atoms with van der Waals surface area (Å²) < 4.78 is 23.6. The molecule has 0 bridgehead atoms. The van der Waals surface area contributed by atoms with Crippen molar-refractivity contribution in [3.05, 3.63) is 30.1 Å². The van der Waals surface area contributed by atoms with E-state index in [0.29, 0.717) is 24.0 Å². The Bertz CT molecular complexity index is 410. The average Bonchev–Trinajstić information content (AvgIpc) is 2.41. The molecule has 0 heterocycles. The first-order valence-corrected chi connectivity index (χ1v) is 7.69. The molecule has 1 aromatic rings. The van der Waals surface area contributed by atoms with Gasteiger partial charge in [0.2, 0.25) is 0 Å². The zero-order chi connectivity index (χ0) is 14.8. The van der Waals surface area contributed by atoms with Gasteiger partial charge in [0.25, 0.3) is 0 Å². The summed E-state index contributed by atoms with van der Waals surface area (Å²) in [7, 11) is 0. The van der Waals surface area contributed by atoms with E-state index in [1.165, 1.54) is 6.07 Å². The summed E-state index contributed by atoms with van der Waals surface area (Å²) in [6.07, 6.45) is 0.997. The second kappa shape index (κ2) is 9.77. The fourth-order valence-corrected chi connectivity index (χ4v) is 2.11. The molecule has 0 amide bonds. The zero-order valence-electron chi connectivity index (χ0n) is 11.9. The van der Waals surface area contributed by atoms with Crippen LogP contribution in [-0.4, -0.2) is 31.5 Å². The molecule has 0 aliphatic carbocycles. The predicted molar refractivity (Wildman–Crippen MR) is 78.4 cm³/mol. The molecule has 0 aliphatic rings. The van der Waals surface area contributed by atoms with Crippen molar-refractivity contribution in [2.45, 2.75) is 25.2 Å². The van der Waals surface area contributed by atoms with Crippen molar-refractivity contribution in [1.82, 2.24) is 0 Å². The minimum absolute atomic E-state index is 0.104. The van der Waals surface area contributed by atoms with Crippen LogP contribution in [0.1, 0.15) is 20.3 Å². The standard InChI is InChI=1S/C15H21FO3S/c1-12(2)7-8-18-9-10-19-15(17)11-20-14-6-4-3-5-13(14)16/h3-6,12H,7-11H2,1-2H3. The maximum Gasteiger partial charge on any atom is 0.316 e. The largest absolute Gasteiger partial charge is 0.463 e. The number of carbonyl (C=O) groups is 1. The number of carbonyl (C=O) groups excluding carboxylic acids is 1. The predicted octanol–water partition coefficient (Wildman–Crippen LogP) is 3.52. The molecule has 0 unspecified atom stereocenters. The maximum absolute atomic E-state index is 13.3. The van der Waals surface area contributed by atoms with Crippen LogP contribution >= 0.6 is 11.8 Å². The van der Waals surface area contributed by atoms with E-state index < -0.39 is 0 Å². The van der Waals surface area contributed by atoms with Crippen molar-refractivity contribution in [3.8, 4) is 0 Å². The molecule has 3 nitrogen and oxygen atoms in total. The first-order valence-electron chi connectivity index (χ1n) is 6.70. The van der Waals surface area contributed by atoms with Crippen LogP contribution in [0.4, 0.5) is 4.39 Å². The molecule has 112 valence electrons. The van der Waals surface area contributed by atoms with Crippen LogP contribution in [-0.2, 0) is 14.3 Å². The second-order valence-corrected chi connectivity index (χ2v) is 5.75. The van der Waals surface area contributed by atoms with E-state index in [2.05, 4.69) is 13.8 Å². The Kier molecular flexibility index (Phi) is 8.30. The number of thioether (sulfide) groups is 1. The molecule has 0 radical (unpaired) electrons. The summed E-state index contributed by atoms with van der Waals surface area (Å²) in [5, 5.41) is 0. The Labute approximate surface area is 123 Å². The van der Waals surface area contributed by atoms with E-state index in [-0.39, 0.29) is 24.1 Å². The number of hydrogen-bond donors (Lipinski definition) is 0. The van der Waals surface area contributed by atoms with E-state index in [4.69, 9.17) is 9.47 Å². The van der Waals surface area contributed by atoms with Crippen molar-refractivity contribution in [2.75, 3.05) is 25.6 Å². The summed E-state index contributed by atoms with van der Waals surface area (Å²) in [4.78, 5) is 11.9. The lowest BCUT2D eigenvalue weighted by molar-refractivity contribution is -0.142. The van der Waals surface area contributed by atoms with Gasteiger partial charge in [0.1, 0.15) is 12.4 Å². The van der Waals surface area contributed by atoms with Gasteiger partial charge in [0, 0.05) is 11.5 Å². The van der Waals surface area contributed by atoms with E-state index in [0.717, 1.165) is 18.2 Å². The van der Waals surface area contributed by atoms with Crippen LogP contribution in [0.15, 0.2) is 29.2 Å². The molecular formula is C15H21FO3S. The van der Waals surface area contributed by atoms with Crippen LogP contribution in [0.2, 0.25) is 0 Å². The SMILES string of the molecule is CC(C)CCOCCOC(=O)CSc1ccccc1F. The number of benzene rings is 1. The molecule has 20 heavy (non-hydrogen) atoms. The number of rotatable bonds is 9. The maximum atomic E-state index is 13.3. The second-order valence-electron chi connectivity index (χ2n) is 4.73. The van der Waals surface area contributed by atoms with Crippen molar-refractivity contribution >= 4 is 17.7 Å². The highest BCUT2D eigenvalue weighted by molar-refractivity contribution is 8.00. The third-order valence-corrected chi connectivity index (χ3v) is 3.53. The third kappa shape index (κ3) is 7.50. The smallest absolute Gasteiger partial charge is 0.316 e. The van der Waals surface area contributed by atoms with Gasteiger partial charge in [-0.3, -0.25) is 4.79 Å². The molecule has 0 fully saturated rings. The summed E-state index contributed by atoms with van der Waals surface area (Å²) >= 11 is 1.14. The topological polar surface area (TPSA) is 35.5 Å². The van der Waals surface area contributed by atoms with Gasteiger partial charge in [0.05, 0.1) is 12.4 Å². The molecule has 0 atom stereocenters. The van der Waals surface area contributed by atoms with Gasteiger partial charge in [-0.25, -0.2) is 4.39 Å². The highest BCUT2D eigenvalue weighted by Gasteiger charge is 2.07. The third-order valence-electron chi connectivity index (χ3n) is 2.51. The first-order chi connectivity index (χ1) is 9.59. The number of esters is 1. The monoisotopic (exact) mass is 300 g/mol. The van der Waals surface area contributed by atoms with Crippen LogP contribution in [0.3, 0.4) is 0 Å². The molecule has 1 aromatic carbocycles. The Morgan fingerprint density at radius 3 is 2.70 bits per heavy atom. The lowest BCUT2D eigenvalue weighted by Crippen LogP contribution is -2.13. The summed E-state index contributed by atoms with van der Waals surface area (Å²) in [6.45, 7) is 5.59.